The van der Waals surface area contributed by atoms with Crippen LogP contribution in [-0.4, -0.2) is 9.91 Å². The molecule has 1 aromatic heterocycles. The lowest BCUT2D eigenvalue weighted by Crippen LogP contribution is -1.95. The van der Waals surface area contributed by atoms with E-state index in [0.717, 1.165) is 18.5 Å². The Morgan fingerprint density at radius 3 is 2.67 bits per heavy atom. The number of halogens is 2. The van der Waals surface area contributed by atoms with Crippen molar-refractivity contribution in [3.63, 3.8) is 0 Å². The van der Waals surface area contributed by atoms with Crippen LogP contribution >= 0.6 is 0 Å². The third kappa shape index (κ3) is 1.52. The van der Waals surface area contributed by atoms with Crippen molar-refractivity contribution in [2.75, 3.05) is 0 Å². The second-order valence-corrected chi connectivity index (χ2v) is 1.99. The Kier molecular flexibility index (Phi) is 2.27. The van der Waals surface area contributed by atoms with Crippen LogP contribution in [0.2, 0.25) is 0 Å². The lowest BCUT2D eigenvalue weighted by atomic mass is 10.2. The molecule has 0 spiro atoms. The maximum Gasteiger partial charge on any atom is 0.281 e. The highest BCUT2D eigenvalue weighted by Crippen LogP contribution is 2.26. The van der Waals surface area contributed by atoms with Crippen molar-refractivity contribution >= 4 is 5.69 Å². The Balaban J connectivity index is 3.17. The van der Waals surface area contributed by atoms with Crippen LogP contribution in [0.15, 0.2) is 18.5 Å². The molecular weight excluding hydrogens is 170 g/mol. The van der Waals surface area contributed by atoms with Crippen molar-refractivity contribution in [2.24, 2.45) is 0 Å². The van der Waals surface area contributed by atoms with Crippen LogP contribution in [0, 0.1) is 10.1 Å². The number of hydrogen-bond donors (Lipinski definition) is 0. The molecule has 1 heterocycles. The van der Waals surface area contributed by atoms with Crippen LogP contribution in [0.25, 0.3) is 0 Å². The number of hydrogen-bond acceptors (Lipinski definition) is 3. The summed E-state index contributed by atoms with van der Waals surface area (Å²) < 4.78 is 24.1. The van der Waals surface area contributed by atoms with E-state index >= 15 is 0 Å². The van der Waals surface area contributed by atoms with Gasteiger partial charge in [0.05, 0.1) is 4.92 Å². The van der Waals surface area contributed by atoms with E-state index < -0.39 is 22.6 Å². The lowest BCUT2D eigenvalue weighted by Gasteiger charge is -1.98. The molecule has 12 heavy (non-hydrogen) atoms. The summed E-state index contributed by atoms with van der Waals surface area (Å²) in [4.78, 5) is 12.7. The molecule has 64 valence electrons. The van der Waals surface area contributed by atoms with Crippen LogP contribution in [0.4, 0.5) is 14.5 Å². The molecule has 0 fully saturated rings. The van der Waals surface area contributed by atoms with Crippen molar-refractivity contribution in [1.82, 2.24) is 4.98 Å². The summed E-state index contributed by atoms with van der Waals surface area (Å²) in [5.41, 5.74) is -1.25. The zero-order valence-electron chi connectivity index (χ0n) is 5.78. The van der Waals surface area contributed by atoms with E-state index in [-0.39, 0.29) is 0 Å². The molecule has 6 heteroatoms. The third-order valence-electron chi connectivity index (χ3n) is 1.26. The average Bonchev–Trinajstić information content (AvgIpc) is 2.04. The van der Waals surface area contributed by atoms with E-state index in [0.29, 0.717) is 0 Å². The van der Waals surface area contributed by atoms with Crippen LogP contribution in [0.1, 0.15) is 12.0 Å². The fourth-order valence-corrected chi connectivity index (χ4v) is 0.734. The molecule has 0 N–H and O–H groups in total. The van der Waals surface area contributed by atoms with Gasteiger partial charge in [0.2, 0.25) is 0 Å². The van der Waals surface area contributed by atoms with Gasteiger partial charge < -0.3 is 0 Å². The van der Waals surface area contributed by atoms with Crippen molar-refractivity contribution in [3.05, 3.63) is 34.1 Å². The average molecular weight is 174 g/mol. The highest BCUT2D eigenvalue weighted by molar-refractivity contribution is 5.37. The largest absolute Gasteiger partial charge is 0.281 e. The molecule has 1 aromatic rings. The van der Waals surface area contributed by atoms with E-state index in [1.807, 2.05) is 0 Å². The normalized spacial score (nSPS) is 10.2. The number of rotatable bonds is 2. The van der Waals surface area contributed by atoms with Crippen LogP contribution in [-0.2, 0) is 0 Å². The van der Waals surface area contributed by atoms with Crippen LogP contribution < -0.4 is 0 Å². The summed E-state index contributed by atoms with van der Waals surface area (Å²) in [6.07, 6.45) is -0.966. The topological polar surface area (TPSA) is 56.0 Å². The van der Waals surface area contributed by atoms with Gasteiger partial charge in [-0.15, -0.1) is 0 Å². The van der Waals surface area contributed by atoms with Gasteiger partial charge in [-0.2, -0.15) is 0 Å². The molecule has 4 nitrogen and oxygen atoms in total. The van der Waals surface area contributed by atoms with Gasteiger partial charge in [-0.1, -0.05) is 0 Å². The van der Waals surface area contributed by atoms with E-state index in [1.165, 1.54) is 0 Å². The first-order valence-electron chi connectivity index (χ1n) is 2.99. The van der Waals surface area contributed by atoms with E-state index in [2.05, 4.69) is 4.98 Å². The number of nitrogens with zero attached hydrogens (tertiary/aromatic N) is 2. The predicted molar refractivity (Wildman–Crippen MR) is 35.8 cm³/mol. The molecule has 0 aliphatic carbocycles. The SMILES string of the molecule is O=[N+]([O-])c1ccncc1C(F)F. The minimum Gasteiger partial charge on any atom is -0.264 e. The zero-order chi connectivity index (χ0) is 9.14. The first-order valence-corrected chi connectivity index (χ1v) is 2.99. The Morgan fingerprint density at radius 1 is 1.58 bits per heavy atom. The van der Waals surface area contributed by atoms with Gasteiger partial charge >= 0.3 is 0 Å². The number of aromatic nitrogens is 1. The first kappa shape index (κ1) is 8.51. The Morgan fingerprint density at radius 2 is 2.25 bits per heavy atom. The van der Waals surface area contributed by atoms with Crippen molar-refractivity contribution in [2.45, 2.75) is 6.43 Å². The van der Waals surface area contributed by atoms with Gasteiger partial charge in [0.25, 0.3) is 12.1 Å². The van der Waals surface area contributed by atoms with E-state index in [1.54, 1.807) is 0 Å². The third-order valence-corrected chi connectivity index (χ3v) is 1.26. The molecular formula is C6H4F2N2O2. The molecule has 0 unspecified atom stereocenters. The Labute approximate surface area is 66.0 Å². The number of alkyl halides is 2. The second kappa shape index (κ2) is 3.21. The van der Waals surface area contributed by atoms with Crippen LogP contribution in [0.5, 0.6) is 0 Å². The molecule has 0 aliphatic rings. The quantitative estimate of drug-likeness (QED) is 0.508. The fourth-order valence-electron chi connectivity index (χ4n) is 0.734. The summed E-state index contributed by atoms with van der Waals surface area (Å²) in [6.45, 7) is 0. The second-order valence-electron chi connectivity index (χ2n) is 1.99. The van der Waals surface area contributed by atoms with Crippen molar-refractivity contribution in [3.8, 4) is 0 Å². The molecule has 0 radical (unpaired) electrons. The summed E-state index contributed by atoms with van der Waals surface area (Å²) in [6, 6.07) is 0.946. The highest BCUT2D eigenvalue weighted by Gasteiger charge is 2.20. The molecule has 0 saturated heterocycles. The van der Waals surface area contributed by atoms with E-state index in [4.69, 9.17) is 0 Å². The molecule has 1 rings (SSSR count). The van der Waals surface area contributed by atoms with Crippen molar-refractivity contribution in [1.29, 1.82) is 0 Å². The number of pyridine rings is 1. The summed E-state index contributed by atoms with van der Waals surface area (Å²) in [5, 5.41) is 10.2. The maximum absolute atomic E-state index is 12.0. The molecule has 0 saturated carbocycles. The smallest absolute Gasteiger partial charge is 0.264 e. The van der Waals surface area contributed by atoms with Gasteiger partial charge in [0.15, 0.2) is 0 Å². The fraction of sp³-hybridized carbons (Fsp3) is 0.167. The summed E-state index contributed by atoms with van der Waals surface area (Å²) in [7, 11) is 0. The monoisotopic (exact) mass is 174 g/mol. The minimum absolute atomic E-state index is 0.597. The van der Waals surface area contributed by atoms with Crippen LogP contribution in [0.3, 0.4) is 0 Å². The summed E-state index contributed by atoms with van der Waals surface area (Å²) in [5.74, 6) is 0. The van der Waals surface area contributed by atoms with Gasteiger partial charge in [-0.3, -0.25) is 15.1 Å². The molecule has 0 aliphatic heterocycles. The van der Waals surface area contributed by atoms with Gasteiger partial charge in [0.1, 0.15) is 5.56 Å². The molecule has 0 atom stereocenters. The molecule has 0 amide bonds. The van der Waals surface area contributed by atoms with Gasteiger partial charge in [-0.05, 0) is 0 Å². The maximum atomic E-state index is 12.0. The highest BCUT2D eigenvalue weighted by atomic mass is 19.3. The van der Waals surface area contributed by atoms with Crippen molar-refractivity contribution < 1.29 is 13.7 Å². The van der Waals surface area contributed by atoms with Gasteiger partial charge in [0, 0.05) is 18.5 Å². The minimum atomic E-state index is -2.86. The van der Waals surface area contributed by atoms with E-state index in [9.17, 15) is 18.9 Å². The Bertz CT molecular complexity index is 303. The molecule has 0 bridgehead atoms. The molecule has 0 aromatic carbocycles. The van der Waals surface area contributed by atoms with Gasteiger partial charge in [-0.25, -0.2) is 8.78 Å². The lowest BCUT2D eigenvalue weighted by molar-refractivity contribution is -0.386. The summed E-state index contributed by atoms with van der Waals surface area (Å²) >= 11 is 0. The number of nitro groups is 1. The Hall–Kier alpha value is -1.59. The first-order chi connectivity index (χ1) is 5.63. The predicted octanol–water partition coefficient (Wildman–Crippen LogP) is 1.93. The zero-order valence-corrected chi connectivity index (χ0v) is 5.78. The standard InChI is InChI=1S/C6H4F2N2O2/c7-6(8)4-3-9-2-1-5(4)10(11)12/h1-3,6H.